The highest BCUT2D eigenvalue weighted by Crippen LogP contribution is 2.39. The van der Waals surface area contributed by atoms with Crippen molar-refractivity contribution < 1.29 is 4.74 Å². The molecule has 0 N–H and O–H groups in total. The highest BCUT2D eigenvalue weighted by molar-refractivity contribution is 6.27. The van der Waals surface area contributed by atoms with Crippen LogP contribution in [0.15, 0.2) is 29.3 Å². The molecule has 0 saturated carbocycles. The van der Waals surface area contributed by atoms with Gasteiger partial charge in [-0.05, 0) is 11.1 Å². The highest BCUT2D eigenvalue weighted by atomic mass is 35.5. The number of nitrogens with zero attached hydrogens (tertiary/aromatic N) is 1. The van der Waals surface area contributed by atoms with E-state index in [2.05, 4.69) is 29.3 Å². The first-order chi connectivity index (χ1) is 6.88. The number of benzene rings is 1. The van der Waals surface area contributed by atoms with Crippen molar-refractivity contribution in [1.29, 1.82) is 0 Å². The number of hydrogen-bond acceptors (Lipinski definition) is 2. The van der Waals surface area contributed by atoms with Crippen LogP contribution in [0, 0.1) is 0 Å². The van der Waals surface area contributed by atoms with E-state index in [9.17, 15) is 0 Å². The van der Waals surface area contributed by atoms with E-state index in [4.69, 9.17) is 16.3 Å². The van der Waals surface area contributed by atoms with Gasteiger partial charge in [0.2, 0.25) is 0 Å². The standard InChI is InChI=1S/C11H10ClNO/c12-6-10-13-11-8-4-2-1-3-7(8)5-9(11)14-10/h1-4,9,11H,5-6H2/t9-,11+/m1/s1. The van der Waals surface area contributed by atoms with Gasteiger partial charge in [0.15, 0.2) is 5.90 Å². The van der Waals surface area contributed by atoms with Crippen molar-refractivity contribution in [3.05, 3.63) is 35.4 Å². The van der Waals surface area contributed by atoms with Crippen LogP contribution in [0.3, 0.4) is 0 Å². The average Bonchev–Trinajstić information content (AvgIpc) is 2.73. The summed E-state index contributed by atoms with van der Waals surface area (Å²) in [5, 5.41) is 0. The van der Waals surface area contributed by atoms with Crippen LogP contribution in [0.1, 0.15) is 17.2 Å². The van der Waals surface area contributed by atoms with E-state index < -0.39 is 0 Å². The predicted molar refractivity (Wildman–Crippen MR) is 55.9 cm³/mol. The van der Waals surface area contributed by atoms with Crippen molar-refractivity contribution in [1.82, 2.24) is 0 Å². The summed E-state index contributed by atoms with van der Waals surface area (Å²) in [6.45, 7) is 0. The van der Waals surface area contributed by atoms with Crippen LogP contribution >= 0.6 is 11.6 Å². The second-order valence-electron chi connectivity index (χ2n) is 3.66. The first-order valence-corrected chi connectivity index (χ1v) is 5.29. The van der Waals surface area contributed by atoms with Gasteiger partial charge in [-0.15, -0.1) is 11.6 Å². The van der Waals surface area contributed by atoms with Crippen molar-refractivity contribution >= 4 is 17.5 Å². The van der Waals surface area contributed by atoms with Gasteiger partial charge in [-0.3, -0.25) is 0 Å². The Bertz CT molecular complexity index is 402. The minimum absolute atomic E-state index is 0.194. The number of aliphatic imine (C=N–C) groups is 1. The maximum Gasteiger partial charge on any atom is 0.199 e. The summed E-state index contributed by atoms with van der Waals surface area (Å²) < 4.78 is 5.64. The monoisotopic (exact) mass is 207 g/mol. The number of ether oxygens (including phenoxy) is 1. The Labute approximate surface area is 87.6 Å². The van der Waals surface area contributed by atoms with Crippen LogP contribution in [0.2, 0.25) is 0 Å². The first-order valence-electron chi connectivity index (χ1n) is 4.75. The van der Waals surface area contributed by atoms with Crippen molar-refractivity contribution in [2.24, 2.45) is 4.99 Å². The summed E-state index contributed by atoms with van der Waals surface area (Å²) in [6, 6.07) is 8.58. The van der Waals surface area contributed by atoms with E-state index in [1.165, 1.54) is 11.1 Å². The minimum Gasteiger partial charge on any atom is -0.474 e. The topological polar surface area (TPSA) is 21.6 Å². The lowest BCUT2D eigenvalue weighted by Gasteiger charge is -2.06. The second kappa shape index (κ2) is 2.99. The molecule has 1 aromatic carbocycles. The number of halogens is 1. The molecular weight excluding hydrogens is 198 g/mol. The molecule has 3 heteroatoms. The van der Waals surface area contributed by atoms with Crippen LogP contribution in [-0.2, 0) is 11.2 Å². The number of rotatable bonds is 1. The molecule has 0 fully saturated rings. The lowest BCUT2D eigenvalue weighted by atomic mass is 10.1. The van der Waals surface area contributed by atoms with Crippen LogP contribution in [0.4, 0.5) is 0 Å². The van der Waals surface area contributed by atoms with E-state index in [1.807, 2.05) is 0 Å². The molecule has 1 heterocycles. The Kier molecular flexibility index (Phi) is 1.77. The zero-order valence-electron chi connectivity index (χ0n) is 7.61. The third kappa shape index (κ3) is 1.07. The molecule has 0 unspecified atom stereocenters. The van der Waals surface area contributed by atoms with Crippen LogP contribution in [0.5, 0.6) is 0 Å². The van der Waals surface area contributed by atoms with E-state index in [0.717, 1.165) is 6.42 Å². The van der Waals surface area contributed by atoms with Gasteiger partial charge in [0.25, 0.3) is 0 Å². The molecule has 0 bridgehead atoms. The van der Waals surface area contributed by atoms with Gasteiger partial charge in [0.1, 0.15) is 12.1 Å². The lowest BCUT2D eigenvalue weighted by Crippen LogP contribution is -2.13. The van der Waals surface area contributed by atoms with Crippen molar-refractivity contribution in [3.8, 4) is 0 Å². The summed E-state index contributed by atoms with van der Waals surface area (Å²) in [6.07, 6.45) is 1.16. The normalized spacial score (nSPS) is 27.9. The molecule has 0 aromatic heterocycles. The Morgan fingerprint density at radius 2 is 2.29 bits per heavy atom. The minimum atomic E-state index is 0.194. The smallest absolute Gasteiger partial charge is 0.199 e. The van der Waals surface area contributed by atoms with Crippen molar-refractivity contribution in [2.75, 3.05) is 5.88 Å². The van der Waals surface area contributed by atoms with Crippen LogP contribution < -0.4 is 0 Å². The SMILES string of the molecule is ClCC1=N[C@H]2c3ccccc3C[C@H]2O1. The third-order valence-corrected chi connectivity index (χ3v) is 3.06. The fourth-order valence-electron chi connectivity index (χ4n) is 2.22. The summed E-state index contributed by atoms with van der Waals surface area (Å²) >= 11 is 5.69. The molecule has 0 amide bonds. The molecule has 3 rings (SSSR count). The molecule has 2 atom stereocenters. The molecule has 1 aromatic rings. The van der Waals surface area contributed by atoms with Crippen LogP contribution in [0.25, 0.3) is 0 Å². The average molecular weight is 208 g/mol. The van der Waals surface area contributed by atoms with Gasteiger partial charge >= 0.3 is 0 Å². The van der Waals surface area contributed by atoms with E-state index in [1.54, 1.807) is 0 Å². The van der Waals surface area contributed by atoms with E-state index in [-0.39, 0.29) is 12.1 Å². The largest absolute Gasteiger partial charge is 0.474 e. The first kappa shape index (κ1) is 8.30. The molecule has 1 aliphatic heterocycles. The molecule has 14 heavy (non-hydrogen) atoms. The lowest BCUT2D eigenvalue weighted by molar-refractivity contribution is 0.205. The van der Waals surface area contributed by atoms with Crippen molar-refractivity contribution in [3.63, 3.8) is 0 Å². The zero-order chi connectivity index (χ0) is 9.54. The van der Waals surface area contributed by atoms with Gasteiger partial charge in [-0.25, -0.2) is 4.99 Å². The number of hydrogen-bond donors (Lipinski definition) is 0. The molecule has 2 aliphatic rings. The quantitative estimate of drug-likeness (QED) is 0.648. The second-order valence-corrected chi connectivity index (χ2v) is 3.93. The summed E-state index contributed by atoms with van der Waals surface area (Å²) in [4.78, 5) is 4.47. The Morgan fingerprint density at radius 1 is 1.43 bits per heavy atom. The molecule has 0 saturated heterocycles. The van der Waals surface area contributed by atoms with E-state index in [0.29, 0.717) is 11.8 Å². The Balaban J connectivity index is 2.02. The molecule has 1 aliphatic carbocycles. The molecule has 0 radical (unpaired) electrons. The fraction of sp³-hybridized carbons (Fsp3) is 0.364. The Hall–Kier alpha value is -1.02. The van der Waals surface area contributed by atoms with Gasteiger partial charge in [0.05, 0.1) is 5.88 Å². The summed E-state index contributed by atoms with van der Waals surface area (Å²) in [5.74, 6) is 1.07. The molecular formula is C11H10ClNO. The predicted octanol–water partition coefficient (Wildman–Crippen LogP) is 2.32. The van der Waals surface area contributed by atoms with E-state index >= 15 is 0 Å². The maximum absolute atomic E-state index is 5.69. The van der Waals surface area contributed by atoms with Gasteiger partial charge < -0.3 is 4.74 Å². The summed E-state index contributed by atoms with van der Waals surface area (Å²) in [5.41, 5.74) is 2.66. The highest BCUT2D eigenvalue weighted by Gasteiger charge is 2.38. The van der Waals surface area contributed by atoms with Crippen molar-refractivity contribution in [2.45, 2.75) is 18.6 Å². The molecule has 0 spiro atoms. The van der Waals surface area contributed by atoms with Gasteiger partial charge in [0, 0.05) is 6.42 Å². The molecule has 72 valence electrons. The zero-order valence-corrected chi connectivity index (χ0v) is 8.37. The molecule has 2 nitrogen and oxygen atoms in total. The Morgan fingerprint density at radius 3 is 3.14 bits per heavy atom. The maximum atomic E-state index is 5.69. The number of fused-ring (bicyclic) bond motifs is 3. The van der Waals surface area contributed by atoms with Gasteiger partial charge in [-0.2, -0.15) is 0 Å². The summed E-state index contributed by atoms with van der Waals surface area (Å²) in [7, 11) is 0. The fourth-order valence-corrected chi connectivity index (χ4v) is 2.35. The third-order valence-electron chi connectivity index (χ3n) is 2.83. The van der Waals surface area contributed by atoms with Crippen LogP contribution in [-0.4, -0.2) is 17.9 Å². The van der Waals surface area contributed by atoms with Gasteiger partial charge in [-0.1, -0.05) is 24.3 Å². The number of alkyl halides is 1.